The van der Waals surface area contributed by atoms with Crippen LogP contribution in [-0.2, 0) is 6.42 Å². The fourth-order valence-electron chi connectivity index (χ4n) is 2.74. The molecular formula is C18H29N3O. The molecule has 1 aromatic carbocycles. The predicted molar refractivity (Wildman–Crippen MR) is 92.3 cm³/mol. The van der Waals surface area contributed by atoms with Gasteiger partial charge >= 0.3 is 6.03 Å². The smallest absolute Gasteiger partial charge is 0.319 e. The molecular weight excluding hydrogens is 274 g/mol. The number of carbonyl (C=O) groups excluding carboxylic acids is 1. The van der Waals surface area contributed by atoms with E-state index in [2.05, 4.69) is 41.5 Å². The van der Waals surface area contributed by atoms with E-state index in [4.69, 9.17) is 0 Å². The molecule has 2 rings (SSSR count). The summed E-state index contributed by atoms with van der Waals surface area (Å²) in [5, 5.41) is 5.72. The van der Waals surface area contributed by atoms with Crippen molar-refractivity contribution < 1.29 is 4.79 Å². The van der Waals surface area contributed by atoms with Gasteiger partial charge in [-0.25, -0.2) is 4.79 Å². The number of carbonyl (C=O) groups is 1. The highest BCUT2D eigenvalue weighted by molar-refractivity contribution is 5.89. The molecule has 2 amide bonds. The Balaban J connectivity index is 1.69. The van der Waals surface area contributed by atoms with Crippen LogP contribution < -0.4 is 10.6 Å². The molecule has 1 heterocycles. The second-order valence-electron chi connectivity index (χ2n) is 6.58. The van der Waals surface area contributed by atoms with Crippen LogP contribution in [-0.4, -0.2) is 37.1 Å². The Labute approximate surface area is 134 Å². The summed E-state index contributed by atoms with van der Waals surface area (Å²) in [4.78, 5) is 14.2. The zero-order chi connectivity index (χ0) is 15.8. The number of nitrogens with one attached hydrogen (secondary N) is 2. The lowest BCUT2D eigenvalue weighted by molar-refractivity contribution is 0.251. The second-order valence-corrected chi connectivity index (χ2v) is 6.58. The number of benzene rings is 1. The quantitative estimate of drug-likeness (QED) is 0.810. The first kappa shape index (κ1) is 16.8. The highest BCUT2D eigenvalue weighted by Gasteiger charge is 2.10. The summed E-state index contributed by atoms with van der Waals surface area (Å²) in [7, 11) is 0. The molecule has 22 heavy (non-hydrogen) atoms. The number of amides is 2. The van der Waals surface area contributed by atoms with Gasteiger partial charge in [-0.2, -0.15) is 0 Å². The fourth-order valence-corrected chi connectivity index (χ4v) is 2.74. The van der Waals surface area contributed by atoms with Crippen LogP contribution in [0.4, 0.5) is 10.5 Å². The van der Waals surface area contributed by atoms with Crippen molar-refractivity contribution in [1.29, 1.82) is 0 Å². The van der Waals surface area contributed by atoms with Gasteiger partial charge in [0, 0.05) is 12.2 Å². The van der Waals surface area contributed by atoms with Crippen molar-refractivity contribution in [2.24, 2.45) is 5.92 Å². The predicted octanol–water partition coefficient (Wildman–Crippen LogP) is 3.49. The maximum atomic E-state index is 11.7. The number of aryl methyl sites for hydroxylation is 1. The SMILES string of the molecule is CC(C)CNC(=O)Nc1ccc(CCCN2CCCC2)cc1. The molecule has 4 heteroatoms. The third-order valence-corrected chi connectivity index (χ3v) is 4.02. The Bertz CT molecular complexity index is 450. The molecule has 0 saturated carbocycles. The van der Waals surface area contributed by atoms with E-state index in [1.807, 2.05) is 12.1 Å². The van der Waals surface area contributed by atoms with Gasteiger partial charge in [0.05, 0.1) is 0 Å². The van der Waals surface area contributed by atoms with Gasteiger partial charge in [0.25, 0.3) is 0 Å². The molecule has 1 fully saturated rings. The van der Waals surface area contributed by atoms with Crippen LogP contribution in [0.5, 0.6) is 0 Å². The molecule has 2 N–H and O–H groups in total. The van der Waals surface area contributed by atoms with Gasteiger partial charge in [-0.3, -0.25) is 0 Å². The molecule has 4 nitrogen and oxygen atoms in total. The van der Waals surface area contributed by atoms with Crippen LogP contribution in [0.2, 0.25) is 0 Å². The lowest BCUT2D eigenvalue weighted by Crippen LogP contribution is -2.31. The number of hydrogen-bond donors (Lipinski definition) is 2. The maximum Gasteiger partial charge on any atom is 0.319 e. The summed E-state index contributed by atoms with van der Waals surface area (Å²) in [6.45, 7) is 8.61. The molecule has 0 aromatic heterocycles. The molecule has 0 spiro atoms. The van der Waals surface area contributed by atoms with Crippen LogP contribution >= 0.6 is 0 Å². The molecule has 122 valence electrons. The summed E-state index contributed by atoms with van der Waals surface area (Å²) in [5.41, 5.74) is 2.19. The van der Waals surface area contributed by atoms with Gasteiger partial charge in [-0.15, -0.1) is 0 Å². The Morgan fingerprint density at radius 3 is 2.50 bits per heavy atom. The van der Waals surface area contributed by atoms with Crippen LogP contribution in [0.1, 0.15) is 38.7 Å². The van der Waals surface area contributed by atoms with Crippen molar-refractivity contribution in [3.63, 3.8) is 0 Å². The molecule has 0 atom stereocenters. The van der Waals surface area contributed by atoms with Crippen molar-refractivity contribution in [2.75, 3.05) is 31.5 Å². The average molecular weight is 303 g/mol. The molecule has 1 aromatic rings. The number of nitrogens with zero attached hydrogens (tertiary/aromatic N) is 1. The topological polar surface area (TPSA) is 44.4 Å². The minimum Gasteiger partial charge on any atom is -0.338 e. The molecule has 0 aliphatic carbocycles. The molecule has 1 aliphatic heterocycles. The number of likely N-dealkylation sites (tertiary alicyclic amines) is 1. The Morgan fingerprint density at radius 1 is 1.18 bits per heavy atom. The van der Waals surface area contributed by atoms with E-state index in [9.17, 15) is 4.79 Å². The van der Waals surface area contributed by atoms with Crippen molar-refractivity contribution in [3.05, 3.63) is 29.8 Å². The van der Waals surface area contributed by atoms with E-state index in [-0.39, 0.29) is 6.03 Å². The van der Waals surface area contributed by atoms with Gasteiger partial charge in [-0.1, -0.05) is 26.0 Å². The normalized spacial score (nSPS) is 15.2. The zero-order valence-corrected chi connectivity index (χ0v) is 13.9. The molecule has 0 bridgehead atoms. The zero-order valence-electron chi connectivity index (χ0n) is 13.9. The number of rotatable bonds is 7. The average Bonchev–Trinajstić information content (AvgIpc) is 3.00. The Hall–Kier alpha value is -1.55. The minimum atomic E-state index is -0.129. The fraction of sp³-hybridized carbons (Fsp3) is 0.611. The van der Waals surface area contributed by atoms with Crippen LogP contribution in [0.3, 0.4) is 0 Å². The first-order valence-electron chi connectivity index (χ1n) is 8.49. The van der Waals surface area contributed by atoms with E-state index in [1.54, 1.807) is 0 Å². The first-order valence-corrected chi connectivity index (χ1v) is 8.49. The number of hydrogen-bond acceptors (Lipinski definition) is 2. The van der Waals surface area contributed by atoms with E-state index in [0.29, 0.717) is 12.5 Å². The standard InChI is InChI=1S/C18H29N3O/c1-15(2)14-19-18(22)20-17-9-7-16(8-10-17)6-5-13-21-11-3-4-12-21/h7-10,15H,3-6,11-14H2,1-2H3,(H2,19,20,22). The van der Waals surface area contributed by atoms with Crippen LogP contribution in [0.15, 0.2) is 24.3 Å². The molecule has 1 saturated heterocycles. The van der Waals surface area contributed by atoms with Crippen LogP contribution in [0, 0.1) is 5.92 Å². The number of urea groups is 1. The molecule has 0 unspecified atom stereocenters. The largest absolute Gasteiger partial charge is 0.338 e. The summed E-state index contributed by atoms with van der Waals surface area (Å²) >= 11 is 0. The van der Waals surface area contributed by atoms with Gasteiger partial charge in [0.2, 0.25) is 0 Å². The van der Waals surface area contributed by atoms with Crippen molar-refractivity contribution in [1.82, 2.24) is 10.2 Å². The Kier molecular flexibility index (Phi) is 6.72. The Morgan fingerprint density at radius 2 is 1.86 bits per heavy atom. The van der Waals surface area contributed by atoms with Crippen molar-refractivity contribution >= 4 is 11.7 Å². The summed E-state index contributed by atoms with van der Waals surface area (Å²) in [6.07, 6.45) is 5.04. The highest BCUT2D eigenvalue weighted by atomic mass is 16.2. The maximum absolute atomic E-state index is 11.7. The van der Waals surface area contributed by atoms with E-state index in [1.165, 1.54) is 44.5 Å². The second kappa shape index (κ2) is 8.79. The highest BCUT2D eigenvalue weighted by Crippen LogP contribution is 2.13. The van der Waals surface area contributed by atoms with E-state index in [0.717, 1.165) is 12.1 Å². The van der Waals surface area contributed by atoms with Crippen molar-refractivity contribution in [3.8, 4) is 0 Å². The molecule has 1 aliphatic rings. The first-order chi connectivity index (χ1) is 10.6. The number of anilines is 1. The van der Waals surface area contributed by atoms with E-state index >= 15 is 0 Å². The molecule has 0 radical (unpaired) electrons. The van der Waals surface area contributed by atoms with Crippen molar-refractivity contribution in [2.45, 2.75) is 39.5 Å². The van der Waals surface area contributed by atoms with E-state index < -0.39 is 0 Å². The summed E-state index contributed by atoms with van der Waals surface area (Å²) < 4.78 is 0. The van der Waals surface area contributed by atoms with Crippen LogP contribution in [0.25, 0.3) is 0 Å². The lowest BCUT2D eigenvalue weighted by Gasteiger charge is -2.14. The van der Waals surface area contributed by atoms with Gasteiger partial charge < -0.3 is 15.5 Å². The lowest BCUT2D eigenvalue weighted by atomic mass is 10.1. The van der Waals surface area contributed by atoms with Gasteiger partial charge in [-0.05, 0) is 68.9 Å². The minimum absolute atomic E-state index is 0.129. The summed E-state index contributed by atoms with van der Waals surface area (Å²) in [5.74, 6) is 0.462. The summed E-state index contributed by atoms with van der Waals surface area (Å²) in [6, 6.07) is 8.07. The third-order valence-electron chi connectivity index (χ3n) is 4.02. The van der Waals surface area contributed by atoms with Gasteiger partial charge in [0.1, 0.15) is 0 Å². The van der Waals surface area contributed by atoms with Gasteiger partial charge in [0.15, 0.2) is 0 Å². The monoisotopic (exact) mass is 303 g/mol. The third kappa shape index (κ3) is 6.06.